The van der Waals surface area contributed by atoms with Crippen LogP contribution in [0.2, 0.25) is 0 Å². The fourth-order valence-corrected chi connectivity index (χ4v) is 1.53. The average Bonchev–Trinajstić information content (AvgIpc) is 2.38. The van der Waals surface area contributed by atoms with Crippen LogP contribution in [0.25, 0.3) is 0 Å². The lowest BCUT2D eigenvalue weighted by Gasteiger charge is -2.11. The number of hydrazine groups is 1. The molecule has 0 unspecified atom stereocenters. The number of aromatic nitrogens is 1. The van der Waals surface area contributed by atoms with Crippen molar-refractivity contribution in [2.75, 3.05) is 10.7 Å². The molecule has 106 valence electrons. The van der Waals surface area contributed by atoms with E-state index in [4.69, 9.17) is 5.84 Å². The average molecular weight is 286 g/mol. The molecule has 0 bridgehead atoms. The molecule has 0 saturated carbocycles. The first kappa shape index (κ1) is 14.1. The highest BCUT2D eigenvalue weighted by atomic mass is 19.1. The van der Waals surface area contributed by atoms with Crippen molar-refractivity contribution in [3.63, 3.8) is 0 Å². The monoisotopic (exact) mass is 286 g/mol. The van der Waals surface area contributed by atoms with E-state index in [2.05, 4.69) is 10.3 Å². The molecule has 2 aromatic rings. The largest absolute Gasteiger partial charge is 0.335 e. The Morgan fingerprint density at radius 1 is 0.900 bits per heavy atom. The minimum absolute atomic E-state index is 0.102. The Morgan fingerprint density at radius 3 is 2.20 bits per heavy atom. The molecule has 0 atom stereocenters. The number of anilines is 3. The van der Waals surface area contributed by atoms with Gasteiger partial charge in [-0.05, 0) is 18.6 Å². The van der Waals surface area contributed by atoms with E-state index in [1.54, 1.807) is 0 Å². The second-order valence-electron chi connectivity index (χ2n) is 4.00. The van der Waals surface area contributed by atoms with Gasteiger partial charge in [0, 0.05) is 12.1 Å². The highest BCUT2D eigenvalue weighted by Crippen LogP contribution is 2.25. The standard InChI is InChI=1S/C12H10F4N4/c1-5-2-7(14)10(4-6(5)13)18-11-8(15)3-9(16)12(19-11)20-17/h2-4H,17H2,1H3,(H2,18,19,20). The summed E-state index contributed by atoms with van der Waals surface area (Å²) in [5.41, 5.74) is 1.70. The molecular weight excluding hydrogens is 276 g/mol. The molecule has 1 heterocycles. The van der Waals surface area contributed by atoms with Gasteiger partial charge in [0.05, 0.1) is 5.69 Å². The number of nitrogens with one attached hydrogen (secondary N) is 2. The quantitative estimate of drug-likeness (QED) is 0.461. The lowest BCUT2D eigenvalue weighted by molar-refractivity contribution is 0.578. The molecule has 0 aliphatic carbocycles. The van der Waals surface area contributed by atoms with Crippen molar-refractivity contribution in [2.24, 2.45) is 5.84 Å². The van der Waals surface area contributed by atoms with Crippen LogP contribution in [0.4, 0.5) is 34.9 Å². The van der Waals surface area contributed by atoms with Crippen molar-refractivity contribution in [3.8, 4) is 0 Å². The normalized spacial score (nSPS) is 10.5. The fourth-order valence-electron chi connectivity index (χ4n) is 1.53. The first-order chi connectivity index (χ1) is 9.42. The van der Waals surface area contributed by atoms with Crippen molar-refractivity contribution in [1.82, 2.24) is 4.98 Å². The van der Waals surface area contributed by atoms with Crippen molar-refractivity contribution < 1.29 is 17.6 Å². The maximum absolute atomic E-state index is 13.6. The Labute approximate surface area is 111 Å². The van der Waals surface area contributed by atoms with E-state index >= 15 is 0 Å². The summed E-state index contributed by atoms with van der Waals surface area (Å²) in [6.07, 6.45) is 0. The number of nitrogen functional groups attached to an aromatic ring is 1. The van der Waals surface area contributed by atoms with Gasteiger partial charge in [-0.15, -0.1) is 0 Å². The molecule has 20 heavy (non-hydrogen) atoms. The summed E-state index contributed by atoms with van der Waals surface area (Å²) in [5, 5.41) is 2.25. The van der Waals surface area contributed by atoms with Crippen LogP contribution < -0.4 is 16.6 Å². The van der Waals surface area contributed by atoms with E-state index in [1.807, 2.05) is 5.43 Å². The Bertz CT molecular complexity index is 660. The molecule has 0 amide bonds. The molecular formula is C12H10F4N4. The van der Waals surface area contributed by atoms with Crippen LogP contribution in [0.1, 0.15) is 5.56 Å². The lowest BCUT2D eigenvalue weighted by atomic mass is 10.2. The number of hydrogen-bond donors (Lipinski definition) is 3. The van der Waals surface area contributed by atoms with Gasteiger partial charge in [-0.2, -0.15) is 0 Å². The number of hydrogen-bond acceptors (Lipinski definition) is 4. The van der Waals surface area contributed by atoms with Crippen LogP contribution >= 0.6 is 0 Å². The minimum atomic E-state index is -1.07. The molecule has 0 aliphatic heterocycles. The number of nitrogens with zero attached hydrogens (tertiary/aromatic N) is 1. The van der Waals surface area contributed by atoms with Gasteiger partial charge in [0.25, 0.3) is 0 Å². The van der Waals surface area contributed by atoms with E-state index in [0.29, 0.717) is 6.07 Å². The summed E-state index contributed by atoms with van der Waals surface area (Å²) in [4.78, 5) is 3.49. The molecule has 1 aromatic heterocycles. The molecule has 0 saturated heterocycles. The number of benzene rings is 1. The molecule has 0 fully saturated rings. The molecule has 8 heteroatoms. The Balaban J connectivity index is 2.42. The first-order valence-corrected chi connectivity index (χ1v) is 5.47. The Morgan fingerprint density at radius 2 is 1.55 bits per heavy atom. The van der Waals surface area contributed by atoms with Gasteiger partial charge in [-0.1, -0.05) is 0 Å². The third-order valence-corrected chi connectivity index (χ3v) is 2.57. The topological polar surface area (TPSA) is 63.0 Å². The van der Waals surface area contributed by atoms with Gasteiger partial charge in [0.15, 0.2) is 23.3 Å². The van der Waals surface area contributed by atoms with Gasteiger partial charge < -0.3 is 10.7 Å². The number of aryl methyl sites for hydroxylation is 1. The minimum Gasteiger partial charge on any atom is -0.335 e. The highest BCUT2D eigenvalue weighted by molar-refractivity contribution is 5.60. The zero-order valence-corrected chi connectivity index (χ0v) is 10.3. The maximum atomic E-state index is 13.6. The van der Waals surface area contributed by atoms with Crippen molar-refractivity contribution >= 4 is 17.3 Å². The zero-order chi connectivity index (χ0) is 14.9. The Hall–Kier alpha value is -2.35. The molecule has 0 radical (unpaired) electrons. The third kappa shape index (κ3) is 2.64. The van der Waals surface area contributed by atoms with Crippen LogP contribution in [-0.2, 0) is 0 Å². The van der Waals surface area contributed by atoms with Gasteiger partial charge in [-0.25, -0.2) is 28.4 Å². The lowest BCUT2D eigenvalue weighted by Crippen LogP contribution is -2.12. The molecule has 4 nitrogen and oxygen atoms in total. The maximum Gasteiger partial charge on any atom is 0.178 e. The summed E-state index contributed by atoms with van der Waals surface area (Å²) in [6, 6.07) is 2.32. The molecule has 2 rings (SSSR count). The van der Waals surface area contributed by atoms with Crippen molar-refractivity contribution in [2.45, 2.75) is 6.92 Å². The summed E-state index contributed by atoms with van der Waals surface area (Å²) < 4.78 is 53.6. The smallest absolute Gasteiger partial charge is 0.178 e. The van der Waals surface area contributed by atoms with Crippen LogP contribution in [0.3, 0.4) is 0 Å². The van der Waals surface area contributed by atoms with E-state index < -0.39 is 34.9 Å². The van der Waals surface area contributed by atoms with Crippen LogP contribution in [0.15, 0.2) is 18.2 Å². The van der Waals surface area contributed by atoms with Gasteiger partial charge in [-0.3, -0.25) is 0 Å². The number of rotatable bonds is 3. The number of pyridine rings is 1. The van der Waals surface area contributed by atoms with E-state index in [9.17, 15) is 17.6 Å². The molecule has 0 spiro atoms. The number of halogens is 4. The third-order valence-electron chi connectivity index (χ3n) is 2.57. The van der Waals surface area contributed by atoms with Crippen molar-refractivity contribution in [1.29, 1.82) is 0 Å². The number of nitrogens with two attached hydrogens (primary N) is 1. The predicted molar refractivity (Wildman–Crippen MR) is 66.3 cm³/mol. The summed E-state index contributed by atoms with van der Waals surface area (Å²) >= 11 is 0. The Kier molecular flexibility index (Phi) is 3.75. The second-order valence-corrected chi connectivity index (χ2v) is 4.00. The zero-order valence-electron chi connectivity index (χ0n) is 10.3. The highest BCUT2D eigenvalue weighted by Gasteiger charge is 2.14. The van der Waals surface area contributed by atoms with Crippen LogP contribution in [-0.4, -0.2) is 4.98 Å². The van der Waals surface area contributed by atoms with E-state index in [1.165, 1.54) is 6.92 Å². The molecule has 4 N–H and O–H groups in total. The van der Waals surface area contributed by atoms with E-state index in [-0.39, 0.29) is 11.3 Å². The van der Waals surface area contributed by atoms with Crippen molar-refractivity contribution in [3.05, 3.63) is 47.0 Å². The van der Waals surface area contributed by atoms with Gasteiger partial charge in [0.2, 0.25) is 0 Å². The SMILES string of the molecule is Cc1cc(F)c(Nc2nc(NN)c(F)cc2F)cc1F. The van der Waals surface area contributed by atoms with E-state index in [0.717, 1.165) is 12.1 Å². The summed E-state index contributed by atoms with van der Waals surface area (Å²) in [6.45, 7) is 1.38. The molecule has 1 aromatic carbocycles. The fraction of sp³-hybridized carbons (Fsp3) is 0.0833. The second kappa shape index (κ2) is 5.33. The van der Waals surface area contributed by atoms with Gasteiger partial charge in [0.1, 0.15) is 11.6 Å². The molecule has 0 aliphatic rings. The van der Waals surface area contributed by atoms with Crippen LogP contribution in [0, 0.1) is 30.2 Å². The summed E-state index contributed by atoms with van der Waals surface area (Å²) in [7, 11) is 0. The predicted octanol–water partition coefficient (Wildman–Crippen LogP) is 2.98. The first-order valence-electron chi connectivity index (χ1n) is 5.47. The summed E-state index contributed by atoms with van der Waals surface area (Å²) in [5.74, 6) is 0.543. The van der Waals surface area contributed by atoms with Gasteiger partial charge >= 0.3 is 0 Å². The van der Waals surface area contributed by atoms with Crippen LogP contribution in [0.5, 0.6) is 0 Å².